The van der Waals surface area contributed by atoms with Crippen LogP contribution in [0.25, 0.3) is 10.8 Å². The molecule has 178 valence electrons. The summed E-state index contributed by atoms with van der Waals surface area (Å²) in [5.74, 6) is -2.82. The second-order valence-corrected chi connectivity index (χ2v) is 10.1. The van der Waals surface area contributed by atoms with Crippen LogP contribution in [0.2, 0.25) is 10.0 Å². The van der Waals surface area contributed by atoms with E-state index in [1.807, 2.05) is 24.3 Å². The zero-order chi connectivity index (χ0) is 25.3. The minimum atomic E-state index is -1.09. The van der Waals surface area contributed by atoms with Gasteiger partial charge in [0.1, 0.15) is 17.2 Å². The Hall–Kier alpha value is -2.30. The lowest BCUT2D eigenvalue weighted by atomic mass is 10.1. The molecule has 0 saturated carbocycles. The Bertz CT molecular complexity index is 1450. The van der Waals surface area contributed by atoms with Crippen LogP contribution >= 0.6 is 67.3 Å². The SMILES string of the molecule is O=C(NC(=S)N(Oc1ccc2cc(Br)ccc2c1Br)c1cc(Cl)cc(Cl)c1)c1c(F)cccc1F. The molecule has 0 aliphatic heterocycles. The first kappa shape index (κ1) is 25.8. The standard InChI is InChI=1S/C24H12Br2Cl2F2N2O2S/c25-13-5-6-17-12(8-13)4-7-20(22(17)26)34-32(16-10-14(27)9-15(28)11-16)24(35)31-23(33)21-18(29)2-1-3-19(21)30/h1-11H,(H,31,33,35). The van der Waals surface area contributed by atoms with Gasteiger partial charge in [-0.3, -0.25) is 10.1 Å². The van der Waals surface area contributed by atoms with Crippen molar-refractivity contribution in [2.45, 2.75) is 0 Å². The van der Waals surface area contributed by atoms with Crippen molar-refractivity contribution >= 4 is 94.8 Å². The monoisotopic (exact) mass is 658 g/mol. The van der Waals surface area contributed by atoms with Crippen LogP contribution in [0.5, 0.6) is 5.75 Å². The molecule has 4 rings (SSSR count). The Balaban J connectivity index is 1.73. The normalized spacial score (nSPS) is 10.8. The maximum absolute atomic E-state index is 14.1. The van der Waals surface area contributed by atoms with Gasteiger partial charge >= 0.3 is 0 Å². The number of nitrogens with one attached hydrogen (secondary N) is 1. The zero-order valence-electron chi connectivity index (χ0n) is 17.3. The molecule has 0 saturated heterocycles. The molecule has 0 aromatic heterocycles. The molecule has 35 heavy (non-hydrogen) atoms. The Morgan fingerprint density at radius 3 is 2.26 bits per heavy atom. The number of carbonyl (C=O) groups excluding carboxylic acids is 1. The van der Waals surface area contributed by atoms with Crippen LogP contribution in [0.3, 0.4) is 0 Å². The molecule has 4 aromatic carbocycles. The van der Waals surface area contributed by atoms with E-state index in [-0.39, 0.29) is 20.8 Å². The van der Waals surface area contributed by atoms with Crippen molar-refractivity contribution in [1.29, 1.82) is 0 Å². The highest BCUT2D eigenvalue weighted by molar-refractivity contribution is 9.11. The van der Waals surface area contributed by atoms with Crippen molar-refractivity contribution in [1.82, 2.24) is 5.32 Å². The number of nitrogens with zero attached hydrogens (tertiary/aromatic N) is 1. The number of carbonyl (C=O) groups is 1. The first-order valence-electron chi connectivity index (χ1n) is 9.75. The van der Waals surface area contributed by atoms with Crippen molar-refractivity contribution < 1.29 is 18.4 Å². The lowest BCUT2D eigenvalue weighted by Crippen LogP contribution is -2.45. The van der Waals surface area contributed by atoms with E-state index in [1.165, 1.54) is 18.2 Å². The molecule has 11 heteroatoms. The Labute approximate surface area is 231 Å². The van der Waals surface area contributed by atoms with Gasteiger partial charge < -0.3 is 4.84 Å². The summed E-state index contributed by atoms with van der Waals surface area (Å²) in [6, 6.07) is 16.8. The Morgan fingerprint density at radius 1 is 0.943 bits per heavy atom. The van der Waals surface area contributed by atoms with Crippen LogP contribution < -0.4 is 15.2 Å². The molecule has 1 amide bonds. The molecule has 0 spiro atoms. The summed E-state index contributed by atoms with van der Waals surface area (Å²) in [6.45, 7) is 0. The minimum absolute atomic E-state index is 0.268. The highest BCUT2D eigenvalue weighted by Crippen LogP contribution is 2.36. The number of hydrogen-bond acceptors (Lipinski definition) is 3. The van der Waals surface area contributed by atoms with Gasteiger partial charge in [-0.2, -0.15) is 0 Å². The van der Waals surface area contributed by atoms with E-state index in [0.29, 0.717) is 10.2 Å². The fourth-order valence-corrected chi connectivity index (χ4v) is 4.90. The molecule has 0 unspecified atom stereocenters. The molecule has 0 aliphatic carbocycles. The molecule has 0 bridgehead atoms. The maximum atomic E-state index is 14.1. The molecule has 1 N–H and O–H groups in total. The van der Waals surface area contributed by atoms with Gasteiger partial charge in [-0.05, 0) is 87.5 Å². The molecule has 0 radical (unpaired) electrons. The summed E-state index contributed by atoms with van der Waals surface area (Å²) >= 11 is 24.7. The summed E-state index contributed by atoms with van der Waals surface area (Å²) in [5.41, 5.74) is -0.513. The largest absolute Gasteiger partial charge is 0.371 e. The fraction of sp³-hybridized carbons (Fsp3) is 0. The van der Waals surface area contributed by atoms with Crippen LogP contribution in [-0.4, -0.2) is 11.0 Å². The highest BCUT2D eigenvalue weighted by atomic mass is 79.9. The smallest absolute Gasteiger partial charge is 0.263 e. The quantitative estimate of drug-likeness (QED) is 0.176. The van der Waals surface area contributed by atoms with E-state index in [1.54, 1.807) is 6.07 Å². The minimum Gasteiger partial charge on any atom is -0.371 e. The molecule has 0 atom stereocenters. The third-order valence-corrected chi connectivity index (χ3v) is 6.76. The first-order chi connectivity index (χ1) is 16.6. The summed E-state index contributed by atoms with van der Waals surface area (Å²) < 4.78 is 29.8. The maximum Gasteiger partial charge on any atom is 0.263 e. The second kappa shape index (κ2) is 10.8. The molecule has 4 aromatic rings. The Kier molecular flexibility index (Phi) is 7.92. The lowest BCUT2D eigenvalue weighted by molar-refractivity contribution is 0.0967. The van der Waals surface area contributed by atoms with E-state index < -0.39 is 23.1 Å². The van der Waals surface area contributed by atoms with Crippen LogP contribution in [0.4, 0.5) is 14.5 Å². The number of anilines is 1. The fourth-order valence-electron chi connectivity index (χ4n) is 3.20. The first-order valence-corrected chi connectivity index (χ1v) is 12.5. The van der Waals surface area contributed by atoms with Gasteiger partial charge in [-0.15, -0.1) is 5.06 Å². The van der Waals surface area contributed by atoms with Gasteiger partial charge in [-0.25, -0.2) is 8.78 Å². The molecule has 0 aliphatic rings. The van der Waals surface area contributed by atoms with E-state index in [0.717, 1.165) is 38.5 Å². The van der Waals surface area contributed by atoms with Crippen LogP contribution in [0.1, 0.15) is 10.4 Å². The summed E-state index contributed by atoms with van der Waals surface area (Å²) in [5, 5.41) is 5.41. The predicted octanol–water partition coefficient (Wildman–Crippen LogP) is 8.47. The van der Waals surface area contributed by atoms with E-state index in [9.17, 15) is 13.6 Å². The van der Waals surface area contributed by atoms with Crippen LogP contribution in [-0.2, 0) is 0 Å². The molecule has 0 fully saturated rings. The average Bonchev–Trinajstić information content (AvgIpc) is 2.77. The van der Waals surface area contributed by atoms with E-state index >= 15 is 0 Å². The number of hydroxylamine groups is 1. The van der Waals surface area contributed by atoms with Gasteiger partial charge in [0.2, 0.25) is 5.11 Å². The number of benzene rings is 4. The number of thiocarbonyl (C=S) groups is 1. The number of hydrogen-bond donors (Lipinski definition) is 1. The van der Waals surface area contributed by atoms with Crippen LogP contribution in [0, 0.1) is 11.6 Å². The number of halogens is 6. The van der Waals surface area contributed by atoms with Gasteiger partial charge in [0.15, 0.2) is 5.75 Å². The second-order valence-electron chi connectivity index (χ2n) is 7.11. The predicted molar refractivity (Wildman–Crippen MR) is 145 cm³/mol. The van der Waals surface area contributed by atoms with Crippen molar-refractivity contribution in [3.05, 3.63) is 103 Å². The van der Waals surface area contributed by atoms with Gasteiger partial charge in [0, 0.05) is 14.5 Å². The number of rotatable bonds is 4. The van der Waals surface area contributed by atoms with Gasteiger partial charge in [-0.1, -0.05) is 57.3 Å². The van der Waals surface area contributed by atoms with E-state index in [4.69, 9.17) is 40.3 Å². The lowest BCUT2D eigenvalue weighted by Gasteiger charge is -2.26. The summed E-state index contributed by atoms with van der Waals surface area (Å²) in [7, 11) is 0. The van der Waals surface area contributed by atoms with E-state index in [2.05, 4.69) is 37.2 Å². The van der Waals surface area contributed by atoms with Crippen molar-refractivity contribution in [2.24, 2.45) is 0 Å². The Morgan fingerprint density at radius 2 is 1.60 bits per heavy atom. The average molecular weight is 661 g/mol. The van der Waals surface area contributed by atoms with Crippen LogP contribution in [0.15, 0.2) is 75.7 Å². The van der Waals surface area contributed by atoms with Crippen molar-refractivity contribution in [3.63, 3.8) is 0 Å². The topological polar surface area (TPSA) is 41.6 Å². The highest BCUT2D eigenvalue weighted by Gasteiger charge is 2.24. The van der Waals surface area contributed by atoms with Gasteiger partial charge in [0.05, 0.1) is 10.2 Å². The number of fused-ring (bicyclic) bond motifs is 1. The third kappa shape index (κ3) is 5.76. The third-order valence-electron chi connectivity index (χ3n) is 4.75. The summed E-state index contributed by atoms with van der Waals surface area (Å²) in [6.07, 6.45) is 0. The molecule has 4 nitrogen and oxygen atoms in total. The zero-order valence-corrected chi connectivity index (χ0v) is 22.8. The van der Waals surface area contributed by atoms with Crippen molar-refractivity contribution in [3.8, 4) is 5.75 Å². The molecular weight excluding hydrogens is 649 g/mol. The number of amides is 1. The van der Waals surface area contributed by atoms with Crippen molar-refractivity contribution in [2.75, 3.05) is 5.06 Å². The molecular formula is C24H12Br2Cl2F2N2O2S. The molecule has 0 heterocycles. The van der Waals surface area contributed by atoms with Gasteiger partial charge in [0.25, 0.3) is 5.91 Å². The summed E-state index contributed by atoms with van der Waals surface area (Å²) in [4.78, 5) is 18.7.